The molecule has 0 heterocycles. The Morgan fingerprint density at radius 3 is 1.90 bits per heavy atom. The van der Waals surface area contributed by atoms with E-state index < -0.39 is 0 Å². The van der Waals surface area contributed by atoms with Gasteiger partial charge >= 0.3 is 0 Å². The molecule has 0 radical (unpaired) electrons. The molecule has 3 saturated carbocycles. The van der Waals surface area contributed by atoms with Crippen LogP contribution in [0.15, 0.2) is 12.7 Å². The lowest BCUT2D eigenvalue weighted by Crippen LogP contribution is -2.31. The molecule has 0 N–H and O–H groups in total. The standard InChI is InChI=1S/C10H16/c1-2-10-6-3-9(4-7-10)5-8-10/h2,9H,1,3-8H2. The fourth-order valence-corrected chi connectivity index (χ4v) is 2.59. The highest BCUT2D eigenvalue weighted by Crippen LogP contribution is 2.50. The third kappa shape index (κ3) is 0.817. The van der Waals surface area contributed by atoms with Crippen molar-refractivity contribution in [2.45, 2.75) is 38.5 Å². The van der Waals surface area contributed by atoms with Gasteiger partial charge in [0.15, 0.2) is 0 Å². The SMILES string of the molecule is C=CC12CCC(CC1)CC2. The van der Waals surface area contributed by atoms with Crippen molar-refractivity contribution in [1.82, 2.24) is 0 Å². The van der Waals surface area contributed by atoms with Crippen LogP contribution < -0.4 is 0 Å². The van der Waals surface area contributed by atoms with Crippen molar-refractivity contribution >= 4 is 0 Å². The molecule has 0 saturated heterocycles. The van der Waals surface area contributed by atoms with Crippen LogP contribution in [-0.4, -0.2) is 0 Å². The van der Waals surface area contributed by atoms with Gasteiger partial charge in [-0.3, -0.25) is 0 Å². The van der Waals surface area contributed by atoms with Crippen LogP contribution in [0.2, 0.25) is 0 Å². The van der Waals surface area contributed by atoms with E-state index in [1.807, 2.05) is 0 Å². The van der Waals surface area contributed by atoms with Gasteiger partial charge in [0, 0.05) is 0 Å². The van der Waals surface area contributed by atoms with Gasteiger partial charge in [-0.05, 0) is 49.9 Å². The zero-order valence-electron chi connectivity index (χ0n) is 6.60. The van der Waals surface area contributed by atoms with Gasteiger partial charge in [0.1, 0.15) is 0 Å². The van der Waals surface area contributed by atoms with E-state index in [2.05, 4.69) is 12.7 Å². The van der Waals surface area contributed by atoms with E-state index in [9.17, 15) is 0 Å². The van der Waals surface area contributed by atoms with Gasteiger partial charge in [-0.1, -0.05) is 6.08 Å². The quantitative estimate of drug-likeness (QED) is 0.486. The van der Waals surface area contributed by atoms with E-state index in [1.54, 1.807) is 0 Å². The van der Waals surface area contributed by atoms with Crippen molar-refractivity contribution in [2.24, 2.45) is 11.3 Å². The molecule has 3 aliphatic rings. The van der Waals surface area contributed by atoms with Gasteiger partial charge in [0.05, 0.1) is 0 Å². The first-order chi connectivity index (χ1) is 4.85. The first-order valence-electron chi connectivity index (χ1n) is 4.48. The average Bonchev–Trinajstić information content (AvgIpc) is 2.08. The number of rotatable bonds is 1. The molecule has 0 aromatic carbocycles. The normalized spacial score (nSPS) is 45.4. The molecule has 0 amide bonds. The van der Waals surface area contributed by atoms with Gasteiger partial charge in [0.2, 0.25) is 0 Å². The number of fused-ring (bicyclic) bond motifs is 3. The van der Waals surface area contributed by atoms with Crippen molar-refractivity contribution in [1.29, 1.82) is 0 Å². The minimum atomic E-state index is 0.592. The molecule has 0 atom stereocenters. The molecule has 3 rings (SSSR count). The van der Waals surface area contributed by atoms with Crippen molar-refractivity contribution in [2.75, 3.05) is 0 Å². The first-order valence-corrected chi connectivity index (χ1v) is 4.48. The lowest BCUT2D eigenvalue weighted by Gasteiger charge is -2.44. The Hall–Kier alpha value is -0.260. The summed E-state index contributed by atoms with van der Waals surface area (Å²) in [5.74, 6) is 1.09. The van der Waals surface area contributed by atoms with Crippen LogP contribution in [0.3, 0.4) is 0 Å². The van der Waals surface area contributed by atoms with Crippen LogP contribution >= 0.6 is 0 Å². The summed E-state index contributed by atoms with van der Waals surface area (Å²) in [6, 6.07) is 0. The molecule has 0 aliphatic heterocycles. The van der Waals surface area contributed by atoms with Crippen LogP contribution in [-0.2, 0) is 0 Å². The summed E-state index contributed by atoms with van der Waals surface area (Å²) in [6.45, 7) is 3.95. The summed E-state index contributed by atoms with van der Waals surface area (Å²) in [5.41, 5.74) is 0.592. The summed E-state index contributed by atoms with van der Waals surface area (Å²) < 4.78 is 0. The zero-order valence-corrected chi connectivity index (χ0v) is 6.60. The average molecular weight is 136 g/mol. The van der Waals surface area contributed by atoms with Gasteiger partial charge in [0.25, 0.3) is 0 Å². The second kappa shape index (κ2) is 2.11. The molecule has 56 valence electrons. The molecule has 0 nitrogen and oxygen atoms in total. The maximum Gasteiger partial charge on any atom is -0.0121 e. The van der Waals surface area contributed by atoms with Gasteiger partial charge < -0.3 is 0 Å². The highest BCUT2D eigenvalue weighted by Gasteiger charge is 2.37. The van der Waals surface area contributed by atoms with Gasteiger partial charge in [-0.25, -0.2) is 0 Å². The van der Waals surface area contributed by atoms with E-state index in [0.717, 1.165) is 5.92 Å². The van der Waals surface area contributed by atoms with Crippen molar-refractivity contribution in [3.8, 4) is 0 Å². The van der Waals surface area contributed by atoms with Crippen molar-refractivity contribution in [3.63, 3.8) is 0 Å². The minimum Gasteiger partial charge on any atom is -0.103 e. The number of hydrogen-bond acceptors (Lipinski definition) is 0. The topological polar surface area (TPSA) is 0 Å². The molecule has 3 fully saturated rings. The van der Waals surface area contributed by atoms with E-state index in [0.29, 0.717) is 5.41 Å². The van der Waals surface area contributed by atoms with Crippen LogP contribution in [0.5, 0.6) is 0 Å². The predicted octanol–water partition coefficient (Wildman–Crippen LogP) is 3.14. The maximum absolute atomic E-state index is 3.95. The molecule has 0 spiro atoms. The molecular formula is C10H16. The highest BCUT2D eigenvalue weighted by molar-refractivity contribution is 5.01. The molecular weight excluding hydrogens is 120 g/mol. The van der Waals surface area contributed by atoms with Crippen molar-refractivity contribution in [3.05, 3.63) is 12.7 Å². The largest absolute Gasteiger partial charge is 0.103 e. The lowest BCUT2D eigenvalue weighted by molar-refractivity contribution is 0.110. The van der Waals surface area contributed by atoms with Crippen LogP contribution in [0.1, 0.15) is 38.5 Å². The summed E-state index contributed by atoms with van der Waals surface area (Å²) in [6.07, 6.45) is 11.0. The molecule has 0 aromatic heterocycles. The van der Waals surface area contributed by atoms with Gasteiger partial charge in [-0.2, -0.15) is 0 Å². The van der Waals surface area contributed by atoms with Gasteiger partial charge in [-0.15, -0.1) is 6.58 Å². The van der Waals surface area contributed by atoms with E-state index >= 15 is 0 Å². The summed E-state index contributed by atoms with van der Waals surface area (Å²) >= 11 is 0. The fraction of sp³-hybridized carbons (Fsp3) is 0.800. The monoisotopic (exact) mass is 136 g/mol. The summed E-state index contributed by atoms with van der Waals surface area (Å²) in [4.78, 5) is 0. The molecule has 0 unspecified atom stereocenters. The van der Waals surface area contributed by atoms with E-state index in [4.69, 9.17) is 0 Å². The second-order valence-electron chi connectivity index (χ2n) is 4.05. The van der Waals surface area contributed by atoms with Crippen molar-refractivity contribution < 1.29 is 0 Å². The Morgan fingerprint density at radius 1 is 1.10 bits per heavy atom. The Balaban J connectivity index is 2.15. The Kier molecular flexibility index (Phi) is 1.36. The Bertz CT molecular complexity index is 124. The molecule has 3 aliphatic carbocycles. The molecule has 2 bridgehead atoms. The second-order valence-corrected chi connectivity index (χ2v) is 4.05. The summed E-state index contributed by atoms with van der Waals surface area (Å²) in [7, 11) is 0. The van der Waals surface area contributed by atoms with Crippen LogP contribution in [0, 0.1) is 11.3 Å². The number of allylic oxidation sites excluding steroid dienone is 1. The number of hydrogen-bond donors (Lipinski definition) is 0. The van der Waals surface area contributed by atoms with E-state index in [-0.39, 0.29) is 0 Å². The predicted molar refractivity (Wildman–Crippen MR) is 43.8 cm³/mol. The molecule has 10 heavy (non-hydrogen) atoms. The third-order valence-corrected chi connectivity index (χ3v) is 3.58. The molecule has 0 heteroatoms. The van der Waals surface area contributed by atoms with E-state index in [1.165, 1.54) is 38.5 Å². The third-order valence-electron chi connectivity index (χ3n) is 3.58. The highest BCUT2D eigenvalue weighted by atomic mass is 14.4. The fourth-order valence-electron chi connectivity index (χ4n) is 2.59. The minimum absolute atomic E-state index is 0.592. The van der Waals surface area contributed by atoms with Crippen LogP contribution in [0.4, 0.5) is 0 Å². The zero-order chi connectivity index (χ0) is 7.03. The van der Waals surface area contributed by atoms with Crippen LogP contribution in [0.25, 0.3) is 0 Å². The lowest BCUT2D eigenvalue weighted by atomic mass is 9.61. The summed E-state index contributed by atoms with van der Waals surface area (Å²) in [5, 5.41) is 0. The maximum atomic E-state index is 3.95. The molecule has 0 aromatic rings. The smallest absolute Gasteiger partial charge is 0.0121 e. The first kappa shape index (κ1) is 6.45. The Labute approximate surface area is 63.3 Å². The Morgan fingerprint density at radius 2 is 1.60 bits per heavy atom.